The van der Waals surface area contributed by atoms with Crippen molar-refractivity contribution < 1.29 is 5.11 Å². The fraction of sp³-hybridized carbons (Fsp3) is 0.429. The van der Waals surface area contributed by atoms with Gasteiger partial charge >= 0.3 is 0 Å². The molecular formula is C14H18N2O. The van der Waals surface area contributed by atoms with Crippen molar-refractivity contribution in [3.05, 3.63) is 30.0 Å². The average molecular weight is 230 g/mol. The number of benzene rings is 1. The standard InChI is InChI=1S/C14H18N2O/c1-16-10(5-6-14(15)7-8-14)9-11-12(16)3-2-4-13(11)17/h2-4,9,17H,5-8,15H2,1H3. The molecule has 1 fully saturated rings. The lowest BCUT2D eigenvalue weighted by Gasteiger charge is -2.08. The van der Waals surface area contributed by atoms with Gasteiger partial charge in [-0.1, -0.05) is 6.07 Å². The first-order valence-corrected chi connectivity index (χ1v) is 6.14. The van der Waals surface area contributed by atoms with Gasteiger partial charge in [0.2, 0.25) is 0 Å². The number of phenolic OH excluding ortho intramolecular Hbond substituents is 1. The lowest BCUT2D eigenvalue weighted by molar-refractivity contribution is 0.481. The summed E-state index contributed by atoms with van der Waals surface area (Å²) in [6, 6.07) is 7.73. The Kier molecular flexibility index (Phi) is 2.20. The van der Waals surface area contributed by atoms with Gasteiger partial charge < -0.3 is 15.4 Å². The van der Waals surface area contributed by atoms with Crippen LogP contribution in [0.25, 0.3) is 10.9 Å². The molecule has 1 aliphatic rings. The van der Waals surface area contributed by atoms with E-state index in [9.17, 15) is 5.11 Å². The molecule has 1 saturated carbocycles. The van der Waals surface area contributed by atoms with Crippen LogP contribution in [-0.2, 0) is 13.5 Å². The van der Waals surface area contributed by atoms with Gasteiger partial charge in [0, 0.05) is 23.7 Å². The highest BCUT2D eigenvalue weighted by atomic mass is 16.3. The van der Waals surface area contributed by atoms with Crippen molar-refractivity contribution in [1.29, 1.82) is 0 Å². The molecule has 1 aliphatic carbocycles. The third-order valence-corrected chi connectivity index (χ3v) is 3.93. The summed E-state index contributed by atoms with van der Waals surface area (Å²) in [5.74, 6) is 0.359. The predicted octanol–water partition coefficient (Wildman–Crippen LogP) is 2.31. The van der Waals surface area contributed by atoms with Gasteiger partial charge in [-0.15, -0.1) is 0 Å². The fourth-order valence-corrected chi connectivity index (χ4v) is 2.43. The van der Waals surface area contributed by atoms with Crippen molar-refractivity contribution >= 4 is 10.9 Å². The number of aryl methyl sites for hydroxylation is 2. The van der Waals surface area contributed by atoms with Gasteiger partial charge in [-0.3, -0.25) is 0 Å². The number of aromatic hydroxyl groups is 1. The topological polar surface area (TPSA) is 51.2 Å². The Morgan fingerprint density at radius 2 is 2.18 bits per heavy atom. The minimum Gasteiger partial charge on any atom is -0.507 e. The minimum atomic E-state index is 0.0957. The molecule has 0 radical (unpaired) electrons. The van der Waals surface area contributed by atoms with Crippen molar-refractivity contribution in [2.45, 2.75) is 31.2 Å². The normalized spacial score (nSPS) is 17.5. The van der Waals surface area contributed by atoms with Crippen LogP contribution in [0.3, 0.4) is 0 Å². The Morgan fingerprint density at radius 3 is 2.82 bits per heavy atom. The number of fused-ring (bicyclic) bond motifs is 1. The van der Waals surface area contributed by atoms with Crippen LogP contribution in [0, 0.1) is 0 Å². The molecule has 90 valence electrons. The summed E-state index contributed by atoms with van der Waals surface area (Å²) in [6.45, 7) is 0. The number of nitrogens with two attached hydrogens (primary N) is 1. The Morgan fingerprint density at radius 1 is 1.41 bits per heavy atom. The smallest absolute Gasteiger partial charge is 0.124 e. The minimum absolute atomic E-state index is 0.0957. The van der Waals surface area contributed by atoms with Gasteiger partial charge in [0.1, 0.15) is 5.75 Å². The maximum atomic E-state index is 9.81. The quantitative estimate of drug-likeness (QED) is 0.850. The molecular weight excluding hydrogens is 212 g/mol. The molecule has 3 nitrogen and oxygen atoms in total. The summed E-state index contributed by atoms with van der Waals surface area (Å²) >= 11 is 0. The second kappa shape index (κ2) is 3.50. The van der Waals surface area contributed by atoms with Gasteiger partial charge in [0.25, 0.3) is 0 Å². The number of phenols is 1. The van der Waals surface area contributed by atoms with Crippen LogP contribution in [0.1, 0.15) is 25.0 Å². The summed E-state index contributed by atoms with van der Waals surface area (Å²) in [5, 5.41) is 10.7. The molecule has 0 unspecified atom stereocenters. The number of aromatic nitrogens is 1. The van der Waals surface area contributed by atoms with E-state index in [2.05, 4.69) is 10.6 Å². The molecule has 2 aromatic rings. The van der Waals surface area contributed by atoms with Gasteiger partial charge in [0.05, 0.1) is 5.52 Å². The lowest BCUT2D eigenvalue weighted by Crippen LogP contribution is -2.22. The van der Waals surface area contributed by atoms with E-state index >= 15 is 0 Å². The molecule has 3 rings (SSSR count). The first-order chi connectivity index (χ1) is 8.09. The van der Waals surface area contributed by atoms with E-state index in [1.54, 1.807) is 6.07 Å². The van der Waals surface area contributed by atoms with Crippen LogP contribution in [0.15, 0.2) is 24.3 Å². The number of nitrogens with zero attached hydrogens (tertiary/aromatic N) is 1. The van der Waals surface area contributed by atoms with Crippen LogP contribution < -0.4 is 5.73 Å². The molecule has 3 N–H and O–H groups in total. The summed E-state index contributed by atoms with van der Waals surface area (Å²) in [7, 11) is 2.05. The van der Waals surface area contributed by atoms with E-state index in [-0.39, 0.29) is 5.54 Å². The van der Waals surface area contributed by atoms with Crippen LogP contribution in [0.5, 0.6) is 5.75 Å². The zero-order chi connectivity index (χ0) is 12.0. The predicted molar refractivity (Wildman–Crippen MR) is 69.1 cm³/mol. The van der Waals surface area contributed by atoms with E-state index in [4.69, 9.17) is 5.73 Å². The number of hydrogen-bond acceptors (Lipinski definition) is 2. The molecule has 0 aliphatic heterocycles. The van der Waals surface area contributed by atoms with Gasteiger partial charge in [-0.2, -0.15) is 0 Å². The van der Waals surface area contributed by atoms with Crippen molar-refractivity contribution in [2.24, 2.45) is 12.8 Å². The second-order valence-electron chi connectivity index (χ2n) is 5.27. The van der Waals surface area contributed by atoms with Crippen LogP contribution in [0.4, 0.5) is 0 Å². The molecule has 0 bridgehead atoms. The first-order valence-electron chi connectivity index (χ1n) is 6.14. The van der Waals surface area contributed by atoms with Crippen molar-refractivity contribution in [2.75, 3.05) is 0 Å². The fourth-order valence-electron chi connectivity index (χ4n) is 2.43. The molecule has 1 aromatic carbocycles. The van der Waals surface area contributed by atoms with E-state index in [1.807, 2.05) is 19.2 Å². The molecule has 0 atom stereocenters. The van der Waals surface area contributed by atoms with E-state index in [0.29, 0.717) is 5.75 Å². The summed E-state index contributed by atoms with van der Waals surface area (Å²) in [6.07, 6.45) is 4.34. The Bertz CT molecular complexity index is 567. The molecule has 3 heteroatoms. The maximum Gasteiger partial charge on any atom is 0.124 e. The van der Waals surface area contributed by atoms with Gasteiger partial charge in [-0.05, 0) is 43.9 Å². The molecule has 0 spiro atoms. The molecule has 1 heterocycles. The third-order valence-electron chi connectivity index (χ3n) is 3.93. The van der Waals surface area contributed by atoms with Crippen LogP contribution >= 0.6 is 0 Å². The average Bonchev–Trinajstić information content (AvgIpc) is 2.95. The second-order valence-corrected chi connectivity index (χ2v) is 5.27. The molecule has 0 saturated heterocycles. The molecule has 17 heavy (non-hydrogen) atoms. The zero-order valence-electron chi connectivity index (χ0n) is 10.1. The van der Waals surface area contributed by atoms with Crippen molar-refractivity contribution in [3.63, 3.8) is 0 Å². The van der Waals surface area contributed by atoms with Gasteiger partial charge in [-0.25, -0.2) is 0 Å². The van der Waals surface area contributed by atoms with E-state index in [1.165, 1.54) is 5.69 Å². The summed E-state index contributed by atoms with van der Waals surface area (Å²) < 4.78 is 2.15. The first kappa shape index (κ1) is 10.7. The monoisotopic (exact) mass is 230 g/mol. The highest BCUT2D eigenvalue weighted by Gasteiger charge is 2.37. The highest BCUT2D eigenvalue weighted by Crippen LogP contribution is 2.37. The maximum absolute atomic E-state index is 9.81. The SMILES string of the molecule is Cn1c(CCC2(N)CC2)cc2c(O)cccc21. The van der Waals surface area contributed by atoms with Crippen LogP contribution in [-0.4, -0.2) is 15.2 Å². The lowest BCUT2D eigenvalue weighted by atomic mass is 10.1. The van der Waals surface area contributed by atoms with Crippen molar-refractivity contribution in [1.82, 2.24) is 4.57 Å². The number of rotatable bonds is 3. The largest absolute Gasteiger partial charge is 0.507 e. The summed E-state index contributed by atoms with van der Waals surface area (Å²) in [4.78, 5) is 0. The third kappa shape index (κ3) is 1.80. The Hall–Kier alpha value is -1.48. The Labute approximate surface area is 101 Å². The number of hydrogen-bond donors (Lipinski definition) is 2. The molecule has 1 aromatic heterocycles. The molecule has 0 amide bonds. The van der Waals surface area contributed by atoms with Crippen LogP contribution in [0.2, 0.25) is 0 Å². The highest BCUT2D eigenvalue weighted by molar-refractivity contribution is 5.87. The Balaban J connectivity index is 1.94. The zero-order valence-corrected chi connectivity index (χ0v) is 10.1. The summed E-state index contributed by atoms with van der Waals surface area (Å²) in [5.41, 5.74) is 8.54. The van der Waals surface area contributed by atoms with E-state index in [0.717, 1.165) is 36.6 Å². The van der Waals surface area contributed by atoms with Gasteiger partial charge in [0.15, 0.2) is 0 Å². The van der Waals surface area contributed by atoms with E-state index < -0.39 is 0 Å². The van der Waals surface area contributed by atoms with Crippen molar-refractivity contribution in [3.8, 4) is 5.75 Å².